The zero-order chi connectivity index (χ0) is 16.4. The van der Waals surface area contributed by atoms with E-state index in [1.807, 2.05) is 19.1 Å². The topological polar surface area (TPSA) is 61.4 Å². The van der Waals surface area contributed by atoms with E-state index in [-0.39, 0.29) is 11.9 Å². The van der Waals surface area contributed by atoms with E-state index in [2.05, 4.69) is 10.6 Å². The number of anilines is 3. The molecular weight excluding hydrogens is 314 g/mol. The molecule has 118 valence electrons. The highest BCUT2D eigenvalue weighted by Crippen LogP contribution is 2.31. The lowest BCUT2D eigenvalue weighted by atomic mass is 10.1. The van der Waals surface area contributed by atoms with Gasteiger partial charge in [0.2, 0.25) is 5.91 Å². The third kappa shape index (κ3) is 3.29. The predicted molar refractivity (Wildman–Crippen MR) is 92.3 cm³/mol. The van der Waals surface area contributed by atoms with Crippen molar-refractivity contribution < 1.29 is 9.59 Å². The number of hydrogen-bond acceptors (Lipinski definition) is 2. The molecule has 2 aromatic rings. The minimum atomic E-state index is -0.358. The van der Waals surface area contributed by atoms with Gasteiger partial charge in [-0.2, -0.15) is 0 Å². The molecule has 5 nitrogen and oxygen atoms in total. The monoisotopic (exact) mass is 329 g/mol. The third-order valence-corrected chi connectivity index (χ3v) is 3.90. The molecule has 1 aliphatic heterocycles. The van der Waals surface area contributed by atoms with E-state index in [0.29, 0.717) is 29.4 Å². The average Bonchev–Trinajstić information content (AvgIpc) is 2.81. The molecule has 0 aliphatic carbocycles. The van der Waals surface area contributed by atoms with Crippen molar-refractivity contribution in [2.45, 2.75) is 13.3 Å². The minimum Gasteiger partial charge on any atom is -0.312 e. The zero-order valence-electron chi connectivity index (χ0n) is 12.6. The van der Waals surface area contributed by atoms with Crippen LogP contribution in [0.15, 0.2) is 42.5 Å². The number of nitrogens with zero attached hydrogens (tertiary/aromatic N) is 1. The molecule has 1 heterocycles. The Morgan fingerprint density at radius 2 is 1.91 bits per heavy atom. The second-order valence-electron chi connectivity index (χ2n) is 5.25. The fraction of sp³-hybridized carbons (Fsp3) is 0.176. The fourth-order valence-corrected chi connectivity index (χ4v) is 2.86. The van der Waals surface area contributed by atoms with Gasteiger partial charge in [-0.15, -0.1) is 0 Å². The molecule has 6 heteroatoms. The second kappa shape index (κ2) is 6.30. The molecule has 0 aromatic heterocycles. The van der Waals surface area contributed by atoms with Crippen LogP contribution in [0.2, 0.25) is 5.02 Å². The Morgan fingerprint density at radius 1 is 1.17 bits per heavy atom. The lowest BCUT2D eigenvalue weighted by Crippen LogP contribution is -2.25. The molecule has 1 aliphatic rings. The van der Waals surface area contributed by atoms with Crippen LogP contribution in [0.3, 0.4) is 0 Å². The molecule has 23 heavy (non-hydrogen) atoms. The summed E-state index contributed by atoms with van der Waals surface area (Å²) < 4.78 is 0. The van der Waals surface area contributed by atoms with Crippen LogP contribution in [-0.4, -0.2) is 18.5 Å². The van der Waals surface area contributed by atoms with E-state index in [4.69, 9.17) is 11.6 Å². The van der Waals surface area contributed by atoms with Gasteiger partial charge in [-0.1, -0.05) is 17.7 Å². The number of benzene rings is 2. The van der Waals surface area contributed by atoms with Gasteiger partial charge in [0.1, 0.15) is 0 Å². The standard InChI is InChI=1S/C17H16ClN3O2/c1-2-21-15-7-6-14(8-11(15)9-16(21)22)20-17(23)19-13-5-3-4-12(18)10-13/h3-8,10H,2,9H2,1H3,(H2,19,20,23). The van der Waals surface area contributed by atoms with Crippen LogP contribution < -0.4 is 15.5 Å². The Labute approximate surface area is 139 Å². The van der Waals surface area contributed by atoms with Gasteiger partial charge in [0.15, 0.2) is 0 Å². The first-order valence-corrected chi connectivity index (χ1v) is 7.71. The van der Waals surface area contributed by atoms with E-state index in [1.165, 1.54) is 0 Å². The number of nitrogens with one attached hydrogen (secondary N) is 2. The molecule has 0 radical (unpaired) electrons. The molecule has 0 saturated carbocycles. The van der Waals surface area contributed by atoms with Crippen molar-refractivity contribution in [3.05, 3.63) is 53.1 Å². The van der Waals surface area contributed by atoms with E-state index < -0.39 is 0 Å². The Balaban J connectivity index is 1.71. The van der Waals surface area contributed by atoms with Gasteiger partial charge >= 0.3 is 6.03 Å². The van der Waals surface area contributed by atoms with Gasteiger partial charge in [-0.3, -0.25) is 4.79 Å². The van der Waals surface area contributed by atoms with Crippen molar-refractivity contribution in [2.75, 3.05) is 22.1 Å². The number of halogens is 1. The Kier molecular flexibility index (Phi) is 4.21. The molecule has 0 atom stereocenters. The van der Waals surface area contributed by atoms with Gasteiger partial charge in [0, 0.05) is 28.6 Å². The molecule has 0 fully saturated rings. The van der Waals surface area contributed by atoms with Gasteiger partial charge in [-0.05, 0) is 48.9 Å². The fourth-order valence-electron chi connectivity index (χ4n) is 2.67. The molecule has 0 saturated heterocycles. The summed E-state index contributed by atoms with van der Waals surface area (Å²) in [5.74, 6) is 0.0861. The van der Waals surface area contributed by atoms with Crippen LogP contribution in [0.25, 0.3) is 0 Å². The summed E-state index contributed by atoms with van der Waals surface area (Å²) in [4.78, 5) is 25.7. The van der Waals surface area contributed by atoms with Gasteiger partial charge in [-0.25, -0.2) is 4.79 Å². The van der Waals surface area contributed by atoms with E-state index in [9.17, 15) is 9.59 Å². The Morgan fingerprint density at radius 3 is 2.61 bits per heavy atom. The smallest absolute Gasteiger partial charge is 0.312 e. The van der Waals surface area contributed by atoms with Crippen LogP contribution in [0, 0.1) is 0 Å². The van der Waals surface area contributed by atoms with Crippen LogP contribution in [0.1, 0.15) is 12.5 Å². The zero-order valence-corrected chi connectivity index (χ0v) is 13.4. The molecule has 2 N–H and O–H groups in total. The van der Waals surface area contributed by atoms with Crippen molar-refractivity contribution in [3.8, 4) is 0 Å². The lowest BCUT2D eigenvalue weighted by molar-refractivity contribution is -0.117. The molecule has 0 spiro atoms. The van der Waals surface area contributed by atoms with Crippen LogP contribution >= 0.6 is 11.6 Å². The van der Waals surface area contributed by atoms with Crippen LogP contribution in [0.5, 0.6) is 0 Å². The summed E-state index contributed by atoms with van der Waals surface area (Å²) in [6.07, 6.45) is 0.370. The summed E-state index contributed by atoms with van der Waals surface area (Å²) >= 11 is 5.89. The van der Waals surface area contributed by atoms with E-state index in [1.54, 1.807) is 35.2 Å². The quantitative estimate of drug-likeness (QED) is 0.897. The maximum absolute atomic E-state index is 12.0. The minimum absolute atomic E-state index is 0.0861. The average molecular weight is 330 g/mol. The first-order chi connectivity index (χ1) is 11.1. The molecule has 3 rings (SSSR count). The Hall–Kier alpha value is -2.53. The SMILES string of the molecule is CCN1C(=O)Cc2cc(NC(=O)Nc3cccc(Cl)c3)ccc21. The summed E-state index contributed by atoms with van der Waals surface area (Å²) in [5.41, 5.74) is 3.10. The van der Waals surface area contributed by atoms with Gasteiger partial charge in [0.25, 0.3) is 0 Å². The molecular formula is C17H16ClN3O2. The van der Waals surface area contributed by atoms with Crippen LogP contribution in [-0.2, 0) is 11.2 Å². The predicted octanol–water partition coefficient (Wildman–Crippen LogP) is 3.89. The van der Waals surface area contributed by atoms with Crippen molar-refractivity contribution in [2.24, 2.45) is 0 Å². The van der Waals surface area contributed by atoms with E-state index in [0.717, 1.165) is 11.3 Å². The highest BCUT2D eigenvalue weighted by molar-refractivity contribution is 6.30. The number of hydrogen-bond donors (Lipinski definition) is 2. The Bertz CT molecular complexity index is 776. The van der Waals surface area contributed by atoms with Crippen molar-refractivity contribution in [1.82, 2.24) is 0 Å². The van der Waals surface area contributed by atoms with E-state index >= 15 is 0 Å². The lowest BCUT2D eigenvalue weighted by Gasteiger charge is -2.15. The maximum atomic E-state index is 12.0. The van der Waals surface area contributed by atoms with Crippen molar-refractivity contribution >= 4 is 40.6 Å². The summed E-state index contributed by atoms with van der Waals surface area (Å²) in [7, 11) is 0. The number of urea groups is 1. The number of rotatable bonds is 3. The first kappa shape index (κ1) is 15.4. The largest absolute Gasteiger partial charge is 0.323 e. The molecule has 0 unspecified atom stereocenters. The number of amides is 3. The normalized spacial score (nSPS) is 13.0. The number of carbonyl (C=O) groups excluding carboxylic acids is 2. The molecule has 2 aromatic carbocycles. The number of carbonyl (C=O) groups is 2. The second-order valence-corrected chi connectivity index (χ2v) is 5.68. The van der Waals surface area contributed by atoms with Gasteiger partial charge in [0.05, 0.1) is 6.42 Å². The summed E-state index contributed by atoms with van der Waals surface area (Å²) in [6, 6.07) is 12.0. The number of fused-ring (bicyclic) bond motifs is 1. The third-order valence-electron chi connectivity index (χ3n) is 3.67. The highest BCUT2D eigenvalue weighted by Gasteiger charge is 2.25. The maximum Gasteiger partial charge on any atom is 0.323 e. The van der Waals surface area contributed by atoms with Crippen LogP contribution in [0.4, 0.5) is 21.9 Å². The first-order valence-electron chi connectivity index (χ1n) is 7.33. The van der Waals surface area contributed by atoms with Gasteiger partial charge < -0.3 is 15.5 Å². The molecule has 0 bridgehead atoms. The van der Waals surface area contributed by atoms with Crippen molar-refractivity contribution in [1.29, 1.82) is 0 Å². The summed E-state index contributed by atoms with van der Waals surface area (Å²) in [6.45, 7) is 2.59. The molecule has 3 amide bonds. The summed E-state index contributed by atoms with van der Waals surface area (Å²) in [5, 5.41) is 6.03. The number of likely N-dealkylation sites (N-methyl/N-ethyl adjacent to an activating group) is 1. The highest BCUT2D eigenvalue weighted by atomic mass is 35.5. The van der Waals surface area contributed by atoms with Crippen molar-refractivity contribution in [3.63, 3.8) is 0 Å².